The van der Waals surface area contributed by atoms with Crippen LogP contribution in [0.5, 0.6) is 0 Å². The van der Waals surface area contributed by atoms with Crippen molar-refractivity contribution in [2.24, 2.45) is 5.92 Å². The van der Waals surface area contributed by atoms with Gasteiger partial charge in [0.25, 0.3) is 0 Å². The summed E-state index contributed by atoms with van der Waals surface area (Å²) < 4.78 is 0. The van der Waals surface area contributed by atoms with Crippen LogP contribution in [0, 0.1) is 5.92 Å². The zero-order valence-electron chi connectivity index (χ0n) is 4.62. The molecule has 0 aromatic carbocycles. The molecule has 0 unspecified atom stereocenters. The summed E-state index contributed by atoms with van der Waals surface area (Å²) in [5, 5.41) is 17.5. The van der Waals surface area contributed by atoms with Gasteiger partial charge in [-0.1, -0.05) is 12.2 Å². The molecule has 0 heterocycles. The van der Waals surface area contributed by atoms with Crippen LogP contribution in [0.3, 0.4) is 0 Å². The van der Waals surface area contributed by atoms with E-state index in [0.717, 1.165) is 6.42 Å². The third-order valence-corrected chi connectivity index (χ3v) is 1.49. The number of aliphatic hydroxyl groups excluding tert-OH is 2. The molecule has 1 aliphatic rings. The summed E-state index contributed by atoms with van der Waals surface area (Å²) in [5.41, 5.74) is 0. The first-order valence-electron chi connectivity index (χ1n) is 2.80. The molecule has 0 saturated carbocycles. The predicted octanol–water partition coefficient (Wildman–Crippen LogP) is -0.0843. The van der Waals surface area contributed by atoms with E-state index in [0.29, 0.717) is 0 Å². The minimum Gasteiger partial charge on any atom is -0.396 e. The van der Waals surface area contributed by atoms with Gasteiger partial charge in [-0.05, 0) is 6.42 Å². The highest BCUT2D eigenvalue weighted by Crippen LogP contribution is 2.16. The zero-order valence-corrected chi connectivity index (χ0v) is 4.62. The Kier molecular flexibility index (Phi) is 1.65. The Bertz CT molecular complexity index is 98.7. The van der Waals surface area contributed by atoms with Crippen LogP contribution in [0.25, 0.3) is 0 Å². The molecule has 46 valence electrons. The van der Waals surface area contributed by atoms with Gasteiger partial charge >= 0.3 is 0 Å². The van der Waals surface area contributed by atoms with Crippen molar-refractivity contribution in [3.05, 3.63) is 12.2 Å². The molecular formula is C6H10O2. The van der Waals surface area contributed by atoms with Crippen LogP contribution < -0.4 is 0 Å². The molecular weight excluding hydrogens is 104 g/mol. The Morgan fingerprint density at radius 1 is 1.62 bits per heavy atom. The second-order valence-corrected chi connectivity index (χ2v) is 2.10. The molecule has 2 heteroatoms. The molecule has 0 spiro atoms. The largest absolute Gasteiger partial charge is 0.396 e. The van der Waals surface area contributed by atoms with E-state index >= 15 is 0 Å². The summed E-state index contributed by atoms with van der Waals surface area (Å²) in [6.07, 6.45) is 4.03. The van der Waals surface area contributed by atoms with Gasteiger partial charge in [-0.2, -0.15) is 0 Å². The maximum absolute atomic E-state index is 8.94. The lowest BCUT2D eigenvalue weighted by atomic mass is 10.1. The van der Waals surface area contributed by atoms with Crippen LogP contribution in [0.1, 0.15) is 6.42 Å². The molecule has 1 aliphatic carbocycles. The van der Waals surface area contributed by atoms with Gasteiger partial charge in [0.1, 0.15) is 0 Å². The van der Waals surface area contributed by atoms with Gasteiger partial charge in [-0.3, -0.25) is 0 Å². The first-order chi connectivity index (χ1) is 3.84. The minimum atomic E-state index is -0.403. The van der Waals surface area contributed by atoms with Crippen LogP contribution in [0.4, 0.5) is 0 Å². The van der Waals surface area contributed by atoms with Gasteiger partial charge in [0.2, 0.25) is 0 Å². The van der Waals surface area contributed by atoms with Crippen LogP contribution in [0.2, 0.25) is 0 Å². The smallest absolute Gasteiger partial charge is 0.0773 e. The SMILES string of the molecule is OC[C@H]1CC=C[C@H]1O. The summed E-state index contributed by atoms with van der Waals surface area (Å²) in [6, 6.07) is 0. The molecule has 0 fully saturated rings. The first kappa shape index (κ1) is 5.79. The highest BCUT2D eigenvalue weighted by molar-refractivity contribution is 5.01. The topological polar surface area (TPSA) is 40.5 Å². The van der Waals surface area contributed by atoms with Crippen molar-refractivity contribution in [2.45, 2.75) is 12.5 Å². The lowest BCUT2D eigenvalue weighted by Gasteiger charge is -2.08. The Labute approximate surface area is 48.5 Å². The van der Waals surface area contributed by atoms with Crippen molar-refractivity contribution >= 4 is 0 Å². The van der Waals surface area contributed by atoms with E-state index in [-0.39, 0.29) is 12.5 Å². The summed E-state index contributed by atoms with van der Waals surface area (Å²) in [4.78, 5) is 0. The maximum Gasteiger partial charge on any atom is 0.0773 e. The lowest BCUT2D eigenvalue weighted by molar-refractivity contribution is 0.112. The fourth-order valence-electron chi connectivity index (χ4n) is 0.872. The van der Waals surface area contributed by atoms with Crippen LogP contribution in [0.15, 0.2) is 12.2 Å². The fourth-order valence-corrected chi connectivity index (χ4v) is 0.872. The van der Waals surface area contributed by atoms with Crippen LogP contribution >= 0.6 is 0 Å². The number of allylic oxidation sites excluding steroid dienone is 1. The molecule has 2 nitrogen and oxygen atoms in total. The van der Waals surface area contributed by atoms with Crippen molar-refractivity contribution in [1.29, 1.82) is 0 Å². The summed E-state index contributed by atoms with van der Waals surface area (Å²) in [5.74, 6) is 0.0648. The molecule has 0 radical (unpaired) electrons. The van der Waals surface area contributed by atoms with E-state index < -0.39 is 6.10 Å². The Hall–Kier alpha value is -0.340. The molecule has 0 amide bonds. The maximum atomic E-state index is 8.94. The fraction of sp³-hybridized carbons (Fsp3) is 0.667. The number of aliphatic hydroxyl groups is 2. The number of hydrogen-bond acceptors (Lipinski definition) is 2. The molecule has 2 atom stereocenters. The van der Waals surface area contributed by atoms with E-state index in [1.165, 1.54) is 0 Å². The second kappa shape index (κ2) is 2.29. The van der Waals surface area contributed by atoms with Gasteiger partial charge < -0.3 is 10.2 Å². The quantitative estimate of drug-likeness (QED) is 0.468. The Morgan fingerprint density at radius 3 is 2.62 bits per heavy atom. The molecule has 0 aliphatic heterocycles. The third-order valence-electron chi connectivity index (χ3n) is 1.49. The predicted molar refractivity (Wildman–Crippen MR) is 30.3 cm³/mol. The monoisotopic (exact) mass is 114 g/mol. The lowest BCUT2D eigenvalue weighted by Crippen LogP contribution is -2.16. The standard InChI is InChI=1S/C6H10O2/c7-4-5-2-1-3-6(5)8/h1,3,5-8H,2,4H2/t5-,6-/m1/s1. The van der Waals surface area contributed by atoms with Gasteiger partial charge in [-0.15, -0.1) is 0 Å². The van der Waals surface area contributed by atoms with E-state index in [9.17, 15) is 0 Å². The number of rotatable bonds is 1. The first-order valence-corrected chi connectivity index (χ1v) is 2.80. The second-order valence-electron chi connectivity index (χ2n) is 2.10. The van der Waals surface area contributed by atoms with Crippen LogP contribution in [-0.2, 0) is 0 Å². The molecule has 0 bridgehead atoms. The van der Waals surface area contributed by atoms with E-state index in [2.05, 4.69) is 0 Å². The summed E-state index contributed by atoms with van der Waals surface area (Å²) in [7, 11) is 0. The number of hydrogen-bond donors (Lipinski definition) is 2. The van der Waals surface area contributed by atoms with Crippen molar-refractivity contribution in [3.8, 4) is 0 Å². The molecule has 8 heavy (non-hydrogen) atoms. The van der Waals surface area contributed by atoms with Crippen molar-refractivity contribution in [1.82, 2.24) is 0 Å². The summed E-state index contributed by atoms with van der Waals surface area (Å²) >= 11 is 0. The van der Waals surface area contributed by atoms with Gasteiger partial charge in [0, 0.05) is 12.5 Å². The molecule has 2 N–H and O–H groups in total. The normalized spacial score (nSPS) is 36.2. The van der Waals surface area contributed by atoms with Gasteiger partial charge in [-0.25, -0.2) is 0 Å². The van der Waals surface area contributed by atoms with Crippen molar-refractivity contribution in [2.75, 3.05) is 6.61 Å². The Balaban J connectivity index is 2.38. The van der Waals surface area contributed by atoms with Gasteiger partial charge in [0.05, 0.1) is 6.10 Å². The highest BCUT2D eigenvalue weighted by Gasteiger charge is 2.18. The van der Waals surface area contributed by atoms with E-state index in [4.69, 9.17) is 10.2 Å². The van der Waals surface area contributed by atoms with Crippen LogP contribution in [-0.4, -0.2) is 22.9 Å². The van der Waals surface area contributed by atoms with Crippen molar-refractivity contribution in [3.63, 3.8) is 0 Å². The molecule has 0 aromatic heterocycles. The average molecular weight is 114 g/mol. The average Bonchev–Trinajstić information content (AvgIpc) is 2.14. The molecule has 1 rings (SSSR count). The van der Waals surface area contributed by atoms with Gasteiger partial charge in [0.15, 0.2) is 0 Å². The third kappa shape index (κ3) is 0.904. The van der Waals surface area contributed by atoms with Crippen molar-refractivity contribution < 1.29 is 10.2 Å². The summed E-state index contributed by atoms with van der Waals surface area (Å²) in [6.45, 7) is 0.0914. The van der Waals surface area contributed by atoms with E-state index in [1.54, 1.807) is 6.08 Å². The highest BCUT2D eigenvalue weighted by atomic mass is 16.3. The minimum absolute atomic E-state index is 0.0648. The van der Waals surface area contributed by atoms with E-state index in [1.807, 2.05) is 6.08 Å². The molecule has 0 saturated heterocycles. The molecule has 0 aromatic rings. The Morgan fingerprint density at radius 2 is 2.38 bits per heavy atom. The zero-order chi connectivity index (χ0) is 5.98.